The lowest BCUT2D eigenvalue weighted by atomic mass is 10.1. The molecular formula is C13H15Cl2N3O3. The van der Waals surface area contributed by atoms with E-state index in [1.807, 2.05) is 0 Å². The van der Waals surface area contributed by atoms with Crippen molar-refractivity contribution < 1.29 is 14.3 Å². The monoisotopic (exact) mass is 331 g/mol. The van der Waals surface area contributed by atoms with E-state index in [1.165, 1.54) is 24.1 Å². The van der Waals surface area contributed by atoms with Gasteiger partial charge in [0.1, 0.15) is 6.04 Å². The molecule has 8 heteroatoms. The van der Waals surface area contributed by atoms with Gasteiger partial charge in [0.15, 0.2) is 0 Å². The van der Waals surface area contributed by atoms with Crippen LogP contribution in [0.1, 0.15) is 10.4 Å². The van der Waals surface area contributed by atoms with Crippen LogP contribution in [0.25, 0.3) is 0 Å². The third kappa shape index (κ3) is 3.23. The van der Waals surface area contributed by atoms with E-state index in [9.17, 15) is 9.59 Å². The second-order valence-electron chi connectivity index (χ2n) is 4.56. The summed E-state index contributed by atoms with van der Waals surface area (Å²) < 4.78 is 5.26. The molecule has 1 aromatic carbocycles. The van der Waals surface area contributed by atoms with Crippen molar-refractivity contribution in [1.29, 1.82) is 0 Å². The normalized spacial score (nSPS) is 18.4. The molecule has 1 atom stereocenters. The Kier molecular flexibility index (Phi) is 4.92. The summed E-state index contributed by atoms with van der Waals surface area (Å²) in [5, 5.41) is 2.93. The molecule has 114 valence electrons. The third-order valence-electron chi connectivity index (χ3n) is 3.26. The van der Waals surface area contributed by atoms with Crippen molar-refractivity contribution >= 4 is 40.7 Å². The van der Waals surface area contributed by atoms with Crippen LogP contribution in [0.15, 0.2) is 12.1 Å². The van der Waals surface area contributed by atoms with Gasteiger partial charge in [-0.15, -0.1) is 0 Å². The van der Waals surface area contributed by atoms with Gasteiger partial charge in [0.2, 0.25) is 5.91 Å². The van der Waals surface area contributed by atoms with Crippen molar-refractivity contribution in [3.63, 3.8) is 0 Å². The molecular weight excluding hydrogens is 317 g/mol. The van der Waals surface area contributed by atoms with E-state index in [-0.39, 0.29) is 39.7 Å². The number of benzene rings is 1. The molecule has 2 rings (SSSR count). The van der Waals surface area contributed by atoms with Crippen LogP contribution in [0.4, 0.5) is 5.69 Å². The summed E-state index contributed by atoms with van der Waals surface area (Å²) in [6, 6.07) is 2.22. The number of hydrogen-bond donors (Lipinski definition) is 2. The quantitative estimate of drug-likeness (QED) is 0.796. The van der Waals surface area contributed by atoms with Crippen molar-refractivity contribution in [2.45, 2.75) is 6.04 Å². The highest BCUT2D eigenvalue weighted by Gasteiger charge is 2.33. The van der Waals surface area contributed by atoms with Gasteiger partial charge in [-0.3, -0.25) is 9.59 Å². The van der Waals surface area contributed by atoms with Crippen LogP contribution in [0.2, 0.25) is 10.0 Å². The van der Waals surface area contributed by atoms with Crippen molar-refractivity contribution in [1.82, 2.24) is 10.2 Å². The molecule has 1 fully saturated rings. The van der Waals surface area contributed by atoms with Gasteiger partial charge in [0.05, 0.1) is 28.9 Å². The lowest BCUT2D eigenvalue weighted by Crippen LogP contribution is -2.55. The minimum atomic E-state index is -0.675. The van der Waals surface area contributed by atoms with Crippen molar-refractivity contribution in [2.75, 3.05) is 32.5 Å². The maximum Gasteiger partial charge on any atom is 0.254 e. The van der Waals surface area contributed by atoms with Crippen LogP contribution in [-0.2, 0) is 9.53 Å². The maximum absolute atomic E-state index is 12.6. The number of carbonyl (C=O) groups excluding carboxylic acids is 2. The molecule has 6 nitrogen and oxygen atoms in total. The standard InChI is InChI=1S/C13H15Cl2N3O3/c1-17-12(19)10-6-21-3-2-18(10)13(20)7-4-8(14)11(16)9(15)5-7/h4-5,10H,2-3,6,16H2,1H3,(H,17,19). The van der Waals surface area contributed by atoms with Crippen LogP contribution in [0.3, 0.4) is 0 Å². The maximum atomic E-state index is 12.6. The highest BCUT2D eigenvalue weighted by Crippen LogP contribution is 2.29. The number of anilines is 1. The van der Waals surface area contributed by atoms with Gasteiger partial charge in [-0.1, -0.05) is 23.2 Å². The van der Waals surface area contributed by atoms with Crippen LogP contribution in [-0.4, -0.2) is 49.6 Å². The molecule has 0 bridgehead atoms. The largest absolute Gasteiger partial charge is 0.396 e. The van der Waals surface area contributed by atoms with E-state index in [0.717, 1.165) is 0 Å². The summed E-state index contributed by atoms with van der Waals surface area (Å²) in [6.07, 6.45) is 0. The number of morpholine rings is 1. The van der Waals surface area contributed by atoms with Gasteiger partial charge < -0.3 is 20.7 Å². The molecule has 1 aliphatic heterocycles. The summed E-state index contributed by atoms with van der Waals surface area (Å²) in [5.41, 5.74) is 6.16. The SMILES string of the molecule is CNC(=O)C1COCCN1C(=O)c1cc(Cl)c(N)c(Cl)c1. The van der Waals surface area contributed by atoms with Gasteiger partial charge in [-0.25, -0.2) is 0 Å². The van der Waals surface area contributed by atoms with Crippen molar-refractivity contribution in [2.24, 2.45) is 0 Å². The molecule has 1 aromatic rings. The number of nitrogens with one attached hydrogen (secondary N) is 1. The Hall–Kier alpha value is -1.50. The molecule has 0 radical (unpaired) electrons. The molecule has 21 heavy (non-hydrogen) atoms. The van der Waals surface area contributed by atoms with E-state index in [4.69, 9.17) is 33.7 Å². The smallest absolute Gasteiger partial charge is 0.254 e. The number of carbonyl (C=O) groups is 2. The summed E-state index contributed by atoms with van der Waals surface area (Å²) in [4.78, 5) is 25.9. The van der Waals surface area contributed by atoms with Crippen LogP contribution < -0.4 is 11.1 Å². The number of nitrogen functional groups attached to an aromatic ring is 1. The summed E-state index contributed by atoms with van der Waals surface area (Å²) >= 11 is 11.9. The number of ether oxygens (including phenoxy) is 1. The predicted molar refractivity (Wildman–Crippen MR) is 80.6 cm³/mol. The predicted octanol–water partition coefficient (Wildman–Crippen LogP) is 1.16. The van der Waals surface area contributed by atoms with Gasteiger partial charge in [0.25, 0.3) is 5.91 Å². The summed E-state index contributed by atoms with van der Waals surface area (Å²) in [7, 11) is 1.51. The van der Waals surface area contributed by atoms with Gasteiger partial charge in [-0.05, 0) is 12.1 Å². The Morgan fingerprint density at radius 1 is 1.38 bits per heavy atom. The lowest BCUT2D eigenvalue weighted by molar-refractivity contribution is -0.130. The Morgan fingerprint density at radius 2 is 2.00 bits per heavy atom. The number of nitrogens with zero attached hydrogens (tertiary/aromatic N) is 1. The number of rotatable bonds is 2. The molecule has 3 N–H and O–H groups in total. The zero-order valence-corrected chi connectivity index (χ0v) is 12.9. The molecule has 0 aromatic heterocycles. The van der Waals surface area contributed by atoms with Gasteiger partial charge in [0, 0.05) is 19.2 Å². The van der Waals surface area contributed by atoms with Gasteiger partial charge in [-0.2, -0.15) is 0 Å². The van der Waals surface area contributed by atoms with Crippen molar-refractivity contribution in [3.8, 4) is 0 Å². The Labute approximate surface area is 132 Å². The fourth-order valence-corrected chi connectivity index (χ4v) is 2.59. The van der Waals surface area contributed by atoms with E-state index < -0.39 is 6.04 Å². The first kappa shape index (κ1) is 15.9. The Bertz CT molecular complexity index is 557. The van der Waals surface area contributed by atoms with E-state index in [1.54, 1.807) is 0 Å². The lowest BCUT2D eigenvalue weighted by Gasteiger charge is -2.34. The molecule has 1 heterocycles. The highest BCUT2D eigenvalue weighted by atomic mass is 35.5. The zero-order chi connectivity index (χ0) is 15.6. The molecule has 0 saturated carbocycles. The van der Waals surface area contributed by atoms with Gasteiger partial charge >= 0.3 is 0 Å². The number of amides is 2. The molecule has 0 aliphatic carbocycles. The van der Waals surface area contributed by atoms with E-state index in [2.05, 4.69) is 5.32 Å². The van der Waals surface area contributed by atoms with E-state index >= 15 is 0 Å². The third-order valence-corrected chi connectivity index (χ3v) is 3.89. The number of hydrogen-bond acceptors (Lipinski definition) is 4. The van der Waals surface area contributed by atoms with E-state index in [0.29, 0.717) is 13.2 Å². The minimum absolute atomic E-state index is 0.155. The first-order chi connectivity index (χ1) is 9.95. The Morgan fingerprint density at radius 3 is 2.57 bits per heavy atom. The summed E-state index contributed by atoms with van der Waals surface area (Å²) in [6.45, 7) is 0.841. The second-order valence-corrected chi connectivity index (χ2v) is 5.37. The summed E-state index contributed by atoms with van der Waals surface area (Å²) in [5.74, 6) is -0.619. The van der Waals surface area contributed by atoms with Crippen LogP contribution in [0.5, 0.6) is 0 Å². The number of halogens is 2. The highest BCUT2D eigenvalue weighted by molar-refractivity contribution is 6.39. The molecule has 1 aliphatic rings. The molecule has 1 unspecified atom stereocenters. The number of nitrogens with two attached hydrogens (primary N) is 1. The second kappa shape index (κ2) is 6.51. The first-order valence-electron chi connectivity index (χ1n) is 6.30. The van der Waals surface area contributed by atoms with Crippen molar-refractivity contribution in [3.05, 3.63) is 27.7 Å². The fourth-order valence-electron chi connectivity index (χ4n) is 2.10. The van der Waals surface area contributed by atoms with Crippen LogP contribution >= 0.6 is 23.2 Å². The average Bonchev–Trinajstić information content (AvgIpc) is 2.50. The number of likely N-dealkylation sites (N-methyl/N-ethyl adjacent to an activating group) is 1. The minimum Gasteiger partial charge on any atom is -0.396 e. The first-order valence-corrected chi connectivity index (χ1v) is 7.06. The molecule has 1 saturated heterocycles. The average molecular weight is 332 g/mol. The zero-order valence-electron chi connectivity index (χ0n) is 11.4. The molecule has 2 amide bonds. The fraction of sp³-hybridized carbons (Fsp3) is 0.385. The topological polar surface area (TPSA) is 84.7 Å². The van der Waals surface area contributed by atoms with Crippen LogP contribution in [0, 0.1) is 0 Å². The molecule has 0 spiro atoms. The Balaban J connectivity index is 2.31.